The summed E-state index contributed by atoms with van der Waals surface area (Å²) in [6.07, 6.45) is 7.08. The van der Waals surface area contributed by atoms with Crippen molar-refractivity contribution >= 4 is 5.57 Å². The van der Waals surface area contributed by atoms with Gasteiger partial charge in [-0.25, -0.2) is 18.4 Å². The van der Waals surface area contributed by atoms with E-state index in [-0.39, 0.29) is 24.3 Å². The monoisotopic (exact) mass is 396 g/mol. The first-order valence-electron chi connectivity index (χ1n) is 9.11. The van der Waals surface area contributed by atoms with E-state index in [1.54, 1.807) is 6.20 Å². The van der Waals surface area contributed by atoms with Crippen molar-refractivity contribution < 1.29 is 13.9 Å². The number of rotatable bonds is 5. The molecule has 6 nitrogen and oxygen atoms in total. The minimum absolute atomic E-state index is 0.121. The molecule has 2 heterocycles. The second-order valence-corrected chi connectivity index (χ2v) is 6.79. The fourth-order valence-corrected chi connectivity index (χ4v) is 3.25. The Morgan fingerprint density at radius 2 is 1.97 bits per heavy atom. The summed E-state index contributed by atoms with van der Waals surface area (Å²) in [5, 5.41) is 13.5. The fraction of sp³-hybridized carbons (Fsp3) is 0.190. The molecule has 0 aliphatic heterocycles. The number of imidazole rings is 1. The van der Waals surface area contributed by atoms with Crippen LogP contribution in [0.3, 0.4) is 0 Å². The predicted octanol–water partition coefficient (Wildman–Crippen LogP) is 3.21. The topological polar surface area (TPSA) is 83.8 Å². The molecule has 0 fully saturated rings. The molecule has 4 rings (SSSR count). The van der Waals surface area contributed by atoms with Gasteiger partial charge in [0.05, 0.1) is 30.7 Å². The van der Waals surface area contributed by atoms with Gasteiger partial charge in [0.2, 0.25) is 0 Å². The summed E-state index contributed by atoms with van der Waals surface area (Å²) in [7, 11) is 0. The van der Waals surface area contributed by atoms with Crippen LogP contribution in [0.2, 0.25) is 0 Å². The Balaban J connectivity index is 1.62. The van der Waals surface area contributed by atoms with Crippen LogP contribution in [0.4, 0.5) is 8.78 Å². The lowest BCUT2D eigenvalue weighted by molar-refractivity contribution is 0.277. The SMILES string of the molecule is O=c1ccc(-c2cc(F)cc(F)c2)nn1CC1=CC(c2ncc(CO)[nH]2)=CCC1. The van der Waals surface area contributed by atoms with E-state index < -0.39 is 11.6 Å². The Bertz CT molecular complexity index is 1160. The number of nitrogens with one attached hydrogen (secondary N) is 1. The molecule has 1 aliphatic carbocycles. The minimum Gasteiger partial charge on any atom is -0.390 e. The van der Waals surface area contributed by atoms with Gasteiger partial charge in [-0.15, -0.1) is 0 Å². The van der Waals surface area contributed by atoms with Crippen LogP contribution in [0.5, 0.6) is 0 Å². The third kappa shape index (κ3) is 4.22. The first-order chi connectivity index (χ1) is 14.0. The molecule has 0 bridgehead atoms. The number of aromatic amines is 1. The molecule has 0 atom stereocenters. The number of hydrogen-bond donors (Lipinski definition) is 2. The molecule has 0 unspecified atom stereocenters. The van der Waals surface area contributed by atoms with Gasteiger partial charge in [-0.3, -0.25) is 4.79 Å². The smallest absolute Gasteiger partial charge is 0.267 e. The summed E-state index contributed by atoms with van der Waals surface area (Å²) in [5.74, 6) is -0.759. The molecule has 1 aromatic carbocycles. The van der Waals surface area contributed by atoms with E-state index in [0.29, 0.717) is 17.2 Å². The van der Waals surface area contributed by atoms with E-state index in [9.17, 15) is 18.7 Å². The molecule has 0 spiro atoms. The zero-order valence-corrected chi connectivity index (χ0v) is 15.4. The Kier molecular flexibility index (Phi) is 5.18. The molecule has 0 saturated carbocycles. The van der Waals surface area contributed by atoms with Crippen LogP contribution in [0, 0.1) is 11.6 Å². The maximum absolute atomic E-state index is 13.5. The van der Waals surface area contributed by atoms with Crippen molar-refractivity contribution in [1.82, 2.24) is 19.7 Å². The van der Waals surface area contributed by atoms with Crippen molar-refractivity contribution in [1.29, 1.82) is 0 Å². The highest BCUT2D eigenvalue weighted by molar-refractivity contribution is 5.71. The summed E-state index contributed by atoms with van der Waals surface area (Å²) < 4.78 is 28.3. The molecular weight excluding hydrogens is 378 g/mol. The van der Waals surface area contributed by atoms with E-state index in [0.717, 1.165) is 30.1 Å². The second kappa shape index (κ2) is 7.92. The number of allylic oxidation sites excluding steroid dienone is 4. The average molecular weight is 396 g/mol. The lowest BCUT2D eigenvalue weighted by Crippen LogP contribution is -2.23. The lowest BCUT2D eigenvalue weighted by atomic mass is 9.99. The highest BCUT2D eigenvalue weighted by atomic mass is 19.1. The normalized spacial score (nSPS) is 13.9. The van der Waals surface area contributed by atoms with Gasteiger partial charge in [0.25, 0.3) is 5.56 Å². The van der Waals surface area contributed by atoms with Crippen LogP contribution in [0.15, 0.2) is 59.0 Å². The van der Waals surface area contributed by atoms with Crippen LogP contribution in [-0.2, 0) is 13.2 Å². The molecule has 0 amide bonds. The first-order valence-corrected chi connectivity index (χ1v) is 9.11. The van der Waals surface area contributed by atoms with E-state index >= 15 is 0 Å². The molecule has 2 aromatic heterocycles. The van der Waals surface area contributed by atoms with Crippen LogP contribution in [0.25, 0.3) is 16.8 Å². The van der Waals surface area contributed by atoms with Gasteiger partial charge < -0.3 is 10.1 Å². The number of H-pyrrole nitrogens is 1. The van der Waals surface area contributed by atoms with Gasteiger partial charge in [-0.05, 0) is 36.6 Å². The molecular formula is C21H18F2N4O2. The number of hydrogen-bond acceptors (Lipinski definition) is 4. The predicted molar refractivity (Wildman–Crippen MR) is 104 cm³/mol. The quantitative estimate of drug-likeness (QED) is 0.694. The Morgan fingerprint density at radius 3 is 2.69 bits per heavy atom. The molecule has 3 aromatic rings. The van der Waals surface area contributed by atoms with E-state index in [1.165, 1.54) is 28.9 Å². The fourth-order valence-electron chi connectivity index (χ4n) is 3.25. The number of aliphatic hydroxyl groups is 1. The van der Waals surface area contributed by atoms with Crippen molar-refractivity contribution in [3.05, 3.63) is 87.8 Å². The number of nitrogens with zero attached hydrogens (tertiary/aromatic N) is 3. The number of halogens is 2. The summed E-state index contributed by atoms with van der Waals surface area (Å²) in [6.45, 7) is 0.138. The van der Waals surface area contributed by atoms with Crippen LogP contribution in [0.1, 0.15) is 24.4 Å². The highest BCUT2D eigenvalue weighted by Gasteiger charge is 2.13. The van der Waals surface area contributed by atoms with E-state index in [1.807, 2.05) is 12.2 Å². The van der Waals surface area contributed by atoms with Gasteiger partial charge in [0.1, 0.15) is 17.5 Å². The third-order valence-electron chi connectivity index (χ3n) is 4.64. The standard InChI is InChI=1S/C21H18F2N4O2/c22-16-7-15(8-17(23)9-16)19-4-5-20(29)27(26-19)11-13-2-1-3-14(6-13)21-24-10-18(12-28)25-21/h3-10,28H,1-2,11-12H2,(H,24,25). The molecule has 148 valence electrons. The zero-order chi connectivity index (χ0) is 20.4. The van der Waals surface area contributed by atoms with Gasteiger partial charge in [0, 0.05) is 23.3 Å². The summed E-state index contributed by atoms with van der Waals surface area (Å²) in [5.41, 5.74) is 2.75. The van der Waals surface area contributed by atoms with Crippen molar-refractivity contribution in [2.75, 3.05) is 0 Å². The van der Waals surface area contributed by atoms with E-state index in [4.69, 9.17) is 0 Å². The molecule has 2 N–H and O–H groups in total. The van der Waals surface area contributed by atoms with Crippen molar-refractivity contribution in [2.45, 2.75) is 26.0 Å². The maximum Gasteiger partial charge on any atom is 0.267 e. The molecule has 0 radical (unpaired) electrons. The summed E-state index contributed by atoms with van der Waals surface area (Å²) >= 11 is 0. The number of benzene rings is 1. The van der Waals surface area contributed by atoms with Crippen molar-refractivity contribution in [2.24, 2.45) is 0 Å². The van der Waals surface area contributed by atoms with Gasteiger partial charge in [-0.1, -0.05) is 12.2 Å². The highest BCUT2D eigenvalue weighted by Crippen LogP contribution is 2.25. The Morgan fingerprint density at radius 1 is 1.17 bits per heavy atom. The van der Waals surface area contributed by atoms with Gasteiger partial charge in [-0.2, -0.15) is 5.10 Å². The Hall–Kier alpha value is -3.39. The molecule has 8 heteroatoms. The molecule has 0 saturated heterocycles. The third-order valence-corrected chi connectivity index (χ3v) is 4.64. The summed E-state index contributed by atoms with van der Waals surface area (Å²) in [6, 6.07) is 5.93. The zero-order valence-electron chi connectivity index (χ0n) is 15.4. The maximum atomic E-state index is 13.5. The average Bonchev–Trinajstić information content (AvgIpc) is 3.18. The molecule has 29 heavy (non-hydrogen) atoms. The first kappa shape index (κ1) is 18.9. The lowest BCUT2D eigenvalue weighted by Gasteiger charge is -2.14. The largest absolute Gasteiger partial charge is 0.390 e. The van der Waals surface area contributed by atoms with Crippen LogP contribution >= 0.6 is 0 Å². The second-order valence-electron chi connectivity index (χ2n) is 6.79. The summed E-state index contributed by atoms with van der Waals surface area (Å²) in [4.78, 5) is 19.6. The van der Waals surface area contributed by atoms with Crippen molar-refractivity contribution in [3.8, 4) is 11.3 Å². The molecule has 1 aliphatic rings. The van der Waals surface area contributed by atoms with Gasteiger partial charge in [0.15, 0.2) is 0 Å². The van der Waals surface area contributed by atoms with Crippen LogP contribution in [-0.4, -0.2) is 24.9 Å². The minimum atomic E-state index is -0.704. The van der Waals surface area contributed by atoms with Gasteiger partial charge >= 0.3 is 0 Å². The number of aliphatic hydroxyl groups excluding tert-OH is 1. The van der Waals surface area contributed by atoms with E-state index in [2.05, 4.69) is 15.1 Å². The van der Waals surface area contributed by atoms with Crippen LogP contribution < -0.4 is 5.56 Å². The Labute approximate surface area is 164 Å². The number of aromatic nitrogens is 4. The van der Waals surface area contributed by atoms with Crippen molar-refractivity contribution in [3.63, 3.8) is 0 Å².